The lowest BCUT2D eigenvalue weighted by Gasteiger charge is -2.10. The number of benzene rings is 2. The quantitative estimate of drug-likeness (QED) is 0.439. The summed E-state index contributed by atoms with van der Waals surface area (Å²) in [6, 6.07) is 18.5. The minimum Gasteiger partial charge on any atom is -0.307 e. The van der Waals surface area contributed by atoms with E-state index in [1.165, 1.54) is 6.07 Å². The zero-order valence-corrected chi connectivity index (χ0v) is 17.3. The zero-order valence-electron chi connectivity index (χ0n) is 15.6. The summed E-state index contributed by atoms with van der Waals surface area (Å²) in [6.45, 7) is 0.566. The highest BCUT2D eigenvalue weighted by Crippen LogP contribution is 2.22. The number of rotatable bonds is 6. The highest BCUT2D eigenvalue weighted by atomic mass is 32.2. The molecular formula is C20H16N6O2S2. The second kappa shape index (κ2) is 7.56. The van der Waals surface area contributed by atoms with E-state index >= 15 is 0 Å². The molecule has 0 aliphatic rings. The average Bonchev–Trinajstić information content (AvgIpc) is 3.38. The van der Waals surface area contributed by atoms with Crippen LogP contribution in [0.2, 0.25) is 0 Å². The summed E-state index contributed by atoms with van der Waals surface area (Å²) in [4.78, 5) is 9.16. The lowest BCUT2D eigenvalue weighted by atomic mass is 10.2. The van der Waals surface area contributed by atoms with Crippen LogP contribution in [0.3, 0.4) is 0 Å². The van der Waals surface area contributed by atoms with Crippen molar-refractivity contribution in [2.75, 3.05) is 0 Å². The van der Waals surface area contributed by atoms with E-state index in [0.29, 0.717) is 34.6 Å². The first-order valence-electron chi connectivity index (χ1n) is 9.17. The van der Waals surface area contributed by atoms with Crippen molar-refractivity contribution in [1.29, 1.82) is 0 Å². The summed E-state index contributed by atoms with van der Waals surface area (Å²) >= 11 is 0.987. The molecule has 10 heteroatoms. The number of nitrogens with one attached hydrogen (secondary N) is 1. The van der Waals surface area contributed by atoms with Crippen LogP contribution in [-0.4, -0.2) is 31.7 Å². The van der Waals surface area contributed by atoms with Gasteiger partial charge in [-0.1, -0.05) is 36.4 Å². The topological polar surface area (TPSA) is 103 Å². The van der Waals surface area contributed by atoms with E-state index < -0.39 is 10.0 Å². The average molecular weight is 437 g/mol. The number of aromatic nitrogens is 5. The molecule has 3 heterocycles. The third kappa shape index (κ3) is 3.45. The Kier molecular flexibility index (Phi) is 4.74. The van der Waals surface area contributed by atoms with Crippen LogP contribution in [0, 0.1) is 0 Å². The van der Waals surface area contributed by atoms with E-state index in [2.05, 4.69) is 23.4 Å². The minimum atomic E-state index is -3.80. The van der Waals surface area contributed by atoms with Crippen molar-refractivity contribution in [3.8, 4) is 0 Å². The van der Waals surface area contributed by atoms with E-state index in [1.54, 1.807) is 18.3 Å². The van der Waals surface area contributed by atoms with E-state index in [1.807, 2.05) is 47.0 Å². The van der Waals surface area contributed by atoms with Gasteiger partial charge in [0.15, 0.2) is 5.65 Å². The van der Waals surface area contributed by atoms with Gasteiger partial charge in [-0.2, -0.15) is 8.75 Å². The number of sulfonamides is 1. The van der Waals surface area contributed by atoms with Crippen LogP contribution in [0.1, 0.15) is 11.4 Å². The smallest absolute Gasteiger partial charge is 0.243 e. The Morgan fingerprint density at radius 3 is 2.63 bits per heavy atom. The number of hydrogen-bond donors (Lipinski definition) is 1. The highest BCUT2D eigenvalue weighted by molar-refractivity contribution is 7.89. The van der Waals surface area contributed by atoms with Gasteiger partial charge in [-0.3, -0.25) is 0 Å². The Balaban J connectivity index is 1.49. The van der Waals surface area contributed by atoms with Crippen LogP contribution >= 0.6 is 11.7 Å². The van der Waals surface area contributed by atoms with E-state index in [4.69, 9.17) is 0 Å². The molecule has 8 nitrogen and oxygen atoms in total. The third-order valence-corrected chi connectivity index (χ3v) is 6.70. The Labute approximate surface area is 176 Å². The summed E-state index contributed by atoms with van der Waals surface area (Å²) in [6.07, 6.45) is 1.70. The summed E-state index contributed by atoms with van der Waals surface area (Å²) in [5.41, 5.74) is 3.43. The molecule has 2 aromatic carbocycles. The van der Waals surface area contributed by atoms with Gasteiger partial charge in [0.05, 0.1) is 24.8 Å². The number of hydrogen-bond acceptors (Lipinski definition) is 7. The van der Waals surface area contributed by atoms with Crippen molar-refractivity contribution in [3.63, 3.8) is 0 Å². The molecule has 0 aliphatic heterocycles. The lowest BCUT2D eigenvalue weighted by Crippen LogP contribution is -2.25. The van der Waals surface area contributed by atoms with Gasteiger partial charge >= 0.3 is 0 Å². The van der Waals surface area contributed by atoms with Crippen LogP contribution in [0.15, 0.2) is 71.8 Å². The monoisotopic (exact) mass is 436 g/mol. The SMILES string of the molecule is O=S(=O)(NCc1nc2cccnc2n1Cc1ccccc1)c1cccc2nsnc12. The molecular weight excluding hydrogens is 420 g/mol. The maximum atomic E-state index is 13.0. The van der Waals surface area contributed by atoms with Gasteiger partial charge < -0.3 is 4.57 Å². The van der Waals surface area contributed by atoms with Crippen molar-refractivity contribution >= 4 is 43.9 Å². The van der Waals surface area contributed by atoms with E-state index in [9.17, 15) is 8.42 Å². The molecule has 1 N–H and O–H groups in total. The summed E-state index contributed by atoms with van der Waals surface area (Å²) < 4.78 is 38.8. The van der Waals surface area contributed by atoms with Crippen molar-refractivity contribution in [1.82, 2.24) is 28.0 Å². The normalized spacial score (nSPS) is 12.0. The standard InChI is InChI=1S/C20H16N6O2S2/c27-30(28,17-10-4-8-15-19(17)25-29-24-15)22-12-18-23-16-9-5-11-21-20(16)26(18)13-14-6-2-1-3-7-14/h1-11,22H,12-13H2. The fraction of sp³-hybridized carbons (Fsp3) is 0.100. The predicted molar refractivity (Wildman–Crippen MR) is 115 cm³/mol. The first kappa shape index (κ1) is 18.8. The number of imidazole rings is 1. The van der Waals surface area contributed by atoms with Crippen molar-refractivity contribution < 1.29 is 8.42 Å². The van der Waals surface area contributed by atoms with E-state index in [-0.39, 0.29) is 11.4 Å². The Bertz CT molecular complexity index is 1440. The van der Waals surface area contributed by atoms with Crippen LogP contribution in [0.5, 0.6) is 0 Å². The fourth-order valence-electron chi connectivity index (χ4n) is 3.31. The largest absolute Gasteiger partial charge is 0.307 e. The molecule has 0 saturated heterocycles. The number of fused-ring (bicyclic) bond motifs is 2. The van der Waals surface area contributed by atoms with Crippen LogP contribution in [-0.2, 0) is 23.1 Å². The second-order valence-electron chi connectivity index (χ2n) is 6.66. The van der Waals surface area contributed by atoms with Crippen LogP contribution in [0.25, 0.3) is 22.2 Å². The molecule has 0 unspecified atom stereocenters. The zero-order chi connectivity index (χ0) is 20.6. The Morgan fingerprint density at radius 1 is 0.933 bits per heavy atom. The third-order valence-electron chi connectivity index (χ3n) is 4.73. The molecule has 3 aromatic heterocycles. The summed E-state index contributed by atoms with van der Waals surface area (Å²) in [7, 11) is -3.80. The maximum Gasteiger partial charge on any atom is 0.243 e. The minimum absolute atomic E-state index is 0.0273. The van der Waals surface area contributed by atoms with Crippen molar-refractivity contribution in [2.24, 2.45) is 0 Å². The van der Waals surface area contributed by atoms with Gasteiger partial charge in [0.2, 0.25) is 10.0 Å². The number of pyridine rings is 1. The molecule has 0 spiro atoms. The van der Waals surface area contributed by atoms with Gasteiger partial charge in [0.1, 0.15) is 27.3 Å². The van der Waals surface area contributed by atoms with Gasteiger partial charge in [0.25, 0.3) is 0 Å². The van der Waals surface area contributed by atoms with Gasteiger partial charge in [-0.15, -0.1) is 0 Å². The molecule has 0 aliphatic carbocycles. The first-order valence-corrected chi connectivity index (χ1v) is 11.4. The highest BCUT2D eigenvalue weighted by Gasteiger charge is 2.21. The molecule has 0 saturated carbocycles. The Morgan fingerprint density at radius 2 is 1.77 bits per heavy atom. The van der Waals surface area contributed by atoms with Gasteiger partial charge in [-0.05, 0) is 29.8 Å². The fourth-order valence-corrected chi connectivity index (χ4v) is 5.05. The molecule has 0 amide bonds. The molecule has 5 aromatic rings. The van der Waals surface area contributed by atoms with E-state index in [0.717, 1.165) is 17.3 Å². The molecule has 0 radical (unpaired) electrons. The molecule has 0 bridgehead atoms. The maximum absolute atomic E-state index is 13.0. The van der Waals surface area contributed by atoms with Crippen molar-refractivity contribution in [3.05, 3.63) is 78.2 Å². The molecule has 150 valence electrons. The predicted octanol–water partition coefficient (Wildman–Crippen LogP) is 2.96. The van der Waals surface area contributed by atoms with Crippen LogP contribution < -0.4 is 4.72 Å². The molecule has 0 fully saturated rings. The Hall–Kier alpha value is -3.21. The lowest BCUT2D eigenvalue weighted by molar-refractivity contribution is 0.577. The first-order chi connectivity index (χ1) is 14.6. The number of nitrogens with zero attached hydrogens (tertiary/aromatic N) is 5. The van der Waals surface area contributed by atoms with Crippen LogP contribution in [0.4, 0.5) is 0 Å². The summed E-state index contributed by atoms with van der Waals surface area (Å²) in [5.74, 6) is 0.583. The van der Waals surface area contributed by atoms with Gasteiger partial charge in [0, 0.05) is 6.20 Å². The molecule has 5 rings (SSSR count). The van der Waals surface area contributed by atoms with Gasteiger partial charge in [-0.25, -0.2) is 23.1 Å². The summed E-state index contributed by atoms with van der Waals surface area (Å²) in [5, 5.41) is 0. The molecule has 30 heavy (non-hydrogen) atoms. The van der Waals surface area contributed by atoms with Crippen molar-refractivity contribution in [2.45, 2.75) is 18.0 Å². The molecule has 0 atom stereocenters. The second-order valence-corrected chi connectivity index (χ2v) is 8.92.